The molecule has 112 valence electrons. The Hall–Kier alpha value is -1.15. The molecule has 1 aromatic rings. The number of carbonyl (C=O) groups excluding carboxylic acids is 1. The molecule has 1 aliphatic heterocycles. The zero-order chi connectivity index (χ0) is 14.2. The van der Waals surface area contributed by atoms with Gasteiger partial charge < -0.3 is 5.32 Å². The lowest BCUT2D eigenvalue weighted by atomic mass is 9.56. The van der Waals surface area contributed by atoms with Gasteiger partial charge in [-0.25, -0.2) is 0 Å². The van der Waals surface area contributed by atoms with Crippen LogP contribution in [0.5, 0.6) is 0 Å². The largest absolute Gasteiger partial charge is 0.314 e. The monoisotopic (exact) mass is 283 g/mol. The van der Waals surface area contributed by atoms with Gasteiger partial charge in [-0.05, 0) is 55.5 Å². The van der Waals surface area contributed by atoms with Gasteiger partial charge in [0.2, 0.25) is 0 Å². The van der Waals surface area contributed by atoms with Crippen LogP contribution in [-0.2, 0) is 11.2 Å². The van der Waals surface area contributed by atoms with Gasteiger partial charge in [-0.2, -0.15) is 0 Å². The van der Waals surface area contributed by atoms with E-state index >= 15 is 0 Å². The number of rotatable bonds is 2. The van der Waals surface area contributed by atoms with Gasteiger partial charge in [0.25, 0.3) is 0 Å². The second kappa shape index (κ2) is 5.57. The number of piperidine rings is 1. The Morgan fingerprint density at radius 2 is 1.95 bits per heavy atom. The summed E-state index contributed by atoms with van der Waals surface area (Å²) < 4.78 is 0. The first-order valence-electron chi connectivity index (χ1n) is 8.63. The van der Waals surface area contributed by atoms with Gasteiger partial charge in [-0.15, -0.1) is 0 Å². The SMILES string of the molecule is O=C1C[C@H]2CCN[C@H]3CCC[C@H]([C@H]23)[C@@H]1Cc1ccccc1. The van der Waals surface area contributed by atoms with E-state index in [1.165, 1.54) is 31.2 Å². The summed E-state index contributed by atoms with van der Waals surface area (Å²) in [4.78, 5) is 12.7. The van der Waals surface area contributed by atoms with E-state index in [0.29, 0.717) is 23.7 Å². The average molecular weight is 283 g/mol. The van der Waals surface area contributed by atoms with Crippen LogP contribution in [0.1, 0.15) is 37.7 Å². The van der Waals surface area contributed by atoms with Crippen molar-refractivity contribution >= 4 is 5.78 Å². The lowest BCUT2D eigenvalue weighted by Gasteiger charge is -2.52. The normalized spacial score (nSPS) is 38.9. The summed E-state index contributed by atoms with van der Waals surface area (Å²) in [5, 5.41) is 3.74. The van der Waals surface area contributed by atoms with Crippen LogP contribution in [0.15, 0.2) is 30.3 Å². The average Bonchev–Trinajstić information content (AvgIpc) is 2.52. The molecule has 3 fully saturated rings. The number of hydrogen-bond donors (Lipinski definition) is 1. The highest BCUT2D eigenvalue weighted by Crippen LogP contribution is 2.48. The zero-order valence-electron chi connectivity index (χ0n) is 12.6. The first-order valence-corrected chi connectivity index (χ1v) is 8.63. The van der Waals surface area contributed by atoms with Crippen molar-refractivity contribution in [1.82, 2.24) is 5.32 Å². The van der Waals surface area contributed by atoms with Crippen molar-refractivity contribution < 1.29 is 4.79 Å². The van der Waals surface area contributed by atoms with Gasteiger partial charge in [-0.1, -0.05) is 36.8 Å². The lowest BCUT2D eigenvalue weighted by Crippen LogP contribution is -2.56. The Labute approximate surface area is 127 Å². The summed E-state index contributed by atoms with van der Waals surface area (Å²) >= 11 is 0. The van der Waals surface area contributed by atoms with E-state index in [1.807, 2.05) is 0 Å². The highest BCUT2D eigenvalue weighted by Gasteiger charge is 2.49. The molecule has 0 radical (unpaired) electrons. The molecule has 0 spiro atoms. The summed E-state index contributed by atoms with van der Waals surface area (Å²) in [5.41, 5.74) is 1.33. The van der Waals surface area contributed by atoms with E-state index in [4.69, 9.17) is 0 Å². The van der Waals surface area contributed by atoms with E-state index in [0.717, 1.165) is 25.3 Å². The molecule has 0 unspecified atom stereocenters. The molecule has 1 saturated heterocycles. The van der Waals surface area contributed by atoms with Gasteiger partial charge in [0.05, 0.1) is 0 Å². The molecular weight excluding hydrogens is 258 g/mol. The topological polar surface area (TPSA) is 29.1 Å². The minimum absolute atomic E-state index is 0.274. The highest BCUT2D eigenvalue weighted by molar-refractivity contribution is 5.83. The molecule has 0 bridgehead atoms. The predicted octanol–water partition coefficient (Wildman–Crippen LogP) is 3.21. The van der Waals surface area contributed by atoms with Crippen LogP contribution in [0.25, 0.3) is 0 Å². The van der Waals surface area contributed by atoms with Crippen LogP contribution in [0, 0.1) is 23.7 Å². The second-order valence-electron chi connectivity index (χ2n) is 7.25. The lowest BCUT2D eigenvalue weighted by molar-refractivity contribution is -0.134. The highest BCUT2D eigenvalue weighted by atomic mass is 16.1. The van der Waals surface area contributed by atoms with E-state index in [1.54, 1.807) is 0 Å². The van der Waals surface area contributed by atoms with Crippen LogP contribution in [-0.4, -0.2) is 18.4 Å². The second-order valence-corrected chi connectivity index (χ2v) is 7.25. The first kappa shape index (κ1) is 13.5. The molecule has 0 aromatic heterocycles. The van der Waals surface area contributed by atoms with Crippen molar-refractivity contribution in [3.63, 3.8) is 0 Å². The maximum atomic E-state index is 12.7. The summed E-state index contributed by atoms with van der Waals surface area (Å²) in [6, 6.07) is 11.3. The number of hydrogen-bond acceptors (Lipinski definition) is 2. The van der Waals surface area contributed by atoms with Crippen LogP contribution in [0.3, 0.4) is 0 Å². The fraction of sp³-hybridized carbons (Fsp3) is 0.632. The van der Waals surface area contributed by atoms with E-state index in [2.05, 4.69) is 35.6 Å². The zero-order valence-corrected chi connectivity index (χ0v) is 12.6. The summed E-state index contributed by atoms with van der Waals surface area (Å²) in [6.45, 7) is 1.12. The standard InChI is InChI=1S/C19H25NO/c21-18-12-14-9-10-20-17-8-4-7-15(19(14)17)16(18)11-13-5-2-1-3-6-13/h1-3,5-6,14-17,19-20H,4,7-12H2/t14-,15+,16+,17+,19+/m1/s1. The van der Waals surface area contributed by atoms with Gasteiger partial charge in [0.15, 0.2) is 0 Å². The number of carbonyl (C=O) groups is 1. The van der Waals surface area contributed by atoms with E-state index in [9.17, 15) is 4.79 Å². The van der Waals surface area contributed by atoms with Gasteiger partial charge in [0.1, 0.15) is 5.78 Å². The Kier molecular flexibility index (Phi) is 3.58. The summed E-state index contributed by atoms with van der Waals surface area (Å²) in [6.07, 6.45) is 6.90. The molecule has 2 aliphatic carbocycles. The molecule has 1 N–H and O–H groups in total. The third kappa shape index (κ3) is 2.44. The van der Waals surface area contributed by atoms with Gasteiger partial charge >= 0.3 is 0 Å². The third-order valence-corrected chi connectivity index (χ3v) is 6.17. The molecule has 2 heteroatoms. The number of Topliss-reactive ketones (excluding diaryl/α,β-unsaturated/α-hetero) is 1. The van der Waals surface area contributed by atoms with Crippen molar-refractivity contribution in [2.45, 2.75) is 44.6 Å². The summed E-state index contributed by atoms with van der Waals surface area (Å²) in [7, 11) is 0. The molecule has 5 atom stereocenters. The molecule has 21 heavy (non-hydrogen) atoms. The van der Waals surface area contributed by atoms with Crippen LogP contribution >= 0.6 is 0 Å². The smallest absolute Gasteiger partial charge is 0.136 e. The molecule has 1 aromatic carbocycles. The molecule has 4 rings (SSSR count). The Morgan fingerprint density at radius 3 is 2.81 bits per heavy atom. The molecule has 3 aliphatic rings. The van der Waals surface area contributed by atoms with Crippen molar-refractivity contribution in [2.24, 2.45) is 23.7 Å². The molecule has 1 heterocycles. The van der Waals surface area contributed by atoms with Crippen molar-refractivity contribution in [3.8, 4) is 0 Å². The Bertz CT molecular complexity index is 510. The minimum atomic E-state index is 0.274. The number of nitrogens with one attached hydrogen (secondary N) is 1. The number of benzene rings is 1. The Morgan fingerprint density at radius 1 is 1.10 bits per heavy atom. The van der Waals surface area contributed by atoms with Gasteiger partial charge in [-0.3, -0.25) is 4.79 Å². The van der Waals surface area contributed by atoms with Crippen molar-refractivity contribution in [2.75, 3.05) is 6.54 Å². The maximum absolute atomic E-state index is 12.7. The number of ketones is 1. The predicted molar refractivity (Wildman–Crippen MR) is 84.0 cm³/mol. The van der Waals surface area contributed by atoms with Crippen LogP contribution < -0.4 is 5.32 Å². The summed E-state index contributed by atoms with van der Waals surface area (Å²) in [5.74, 6) is 2.88. The molecule has 2 nitrogen and oxygen atoms in total. The fourth-order valence-corrected chi connectivity index (χ4v) is 5.31. The Balaban J connectivity index is 1.60. The molecule has 0 amide bonds. The fourth-order valence-electron chi connectivity index (χ4n) is 5.31. The quantitative estimate of drug-likeness (QED) is 0.903. The van der Waals surface area contributed by atoms with Crippen LogP contribution in [0.2, 0.25) is 0 Å². The van der Waals surface area contributed by atoms with Gasteiger partial charge in [0, 0.05) is 18.4 Å². The van der Waals surface area contributed by atoms with Crippen LogP contribution in [0.4, 0.5) is 0 Å². The van der Waals surface area contributed by atoms with E-state index < -0.39 is 0 Å². The van der Waals surface area contributed by atoms with Crippen molar-refractivity contribution in [1.29, 1.82) is 0 Å². The molecule has 2 saturated carbocycles. The maximum Gasteiger partial charge on any atom is 0.136 e. The first-order chi connectivity index (χ1) is 10.3. The van der Waals surface area contributed by atoms with Crippen molar-refractivity contribution in [3.05, 3.63) is 35.9 Å². The minimum Gasteiger partial charge on any atom is -0.314 e. The molecular formula is C19H25NO. The third-order valence-electron chi connectivity index (χ3n) is 6.17. The van der Waals surface area contributed by atoms with E-state index in [-0.39, 0.29) is 5.92 Å².